The van der Waals surface area contributed by atoms with Crippen LogP contribution in [0.15, 0.2) is 48.5 Å². The molecular formula is C25H34N2O6. The largest absolute Gasteiger partial charge is 0.493 e. The Kier molecular flexibility index (Phi) is 10.5. The van der Waals surface area contributed by atoms with Crippen molar-refractivity contribution in [3.8, 4) is 11.5 Å². The minimum absolute atomic E-state index is 0.172. The molecule has 0 aliphatic carbocycles. The standard InChI is InChI=1S/C25H34N2O6/c1-17(2)12-20(27-25(30)33-16-18-8-6-5-7-9-18)15-26-21(24(28)29)13-19-10-11-22(31-3)23(14-19)32-4/h5-11,14,17,20-21,26H,12-13,15-16H2,1-4H3,(H,27,30)(H,28,29)/t20-,21-/m0/s1. The number of carboxylic acid groups (broad SMARTS) is 1. The Morgan fingerprint density at radius 3 is 2.27 bits per heavy atom. The van der Waals surface area contributed by atoms with Gasteiger partial charge in [-0.05, 0) is 42.0 Å². The van der Waals surface area contributed by atoms with Gasteiger partial charge in [-0.25, -0.2) is 4.79 Å². The summed E-state index contributed by atoms with van der Waals surface area (Å²) in [5, 5.41) is 15.7. The van der Waals surface area contributed by atoms with E-state index in [0.717, 1.165) is 11.1 Å². The number of rotatable bonds is 13. The number of ether oxygens (including phenoxy) is 3. The Morgan fingerprint density at radius 1 is 0.970 bits per heavy atom. The molecule has 0 radical (unpaired) electrons. The molecule has 0 aromatic heterocycles. The molecule has 33 heavy (non-hydrogen) atoms. The summed E-state index contributed by atoms with van der Waals surface area (Å²) in [5.74, 6) is 0.455. The van der Waals surface area contributed by atoms with Gasteiger partial charge in [-0.3, -0.25) is 4.79 Å². The molecule has 0 bridgehead atoms. The second kappa shape index (κ2) is 13.3. The van der Waals surface area contributed by atoms with Gasteiger partial charge in [0.25, 0.3) is 0 Å². The molecule has 8 heteroatoms. The number of carbonyl (C=O) groups excluding carboxylic acids is 1. The highest BCUT2D eigenvalue weighted by molar-refractivity contribution is 5.74. The predicted octanol–water partition coefficient (Wildman–Crippen LogP) is 3.63. The minimum Gasteiger partial charge on any atom is -0.493 e. The van der Waals surface area contributed by atoms with E-state index in [9.17, 15) is 14.7 Å². The fraction of sp³-hybridized carbons (Fsp3) is 0.440. The summed E-state index contributed by atoms with van der Waals surface area (Å²) < 4.78 is 15.9. The van der Waals surface area contributed by atoms with E-state index in [1.165, 1.54) is 7.11 Å². The van der Waals surface area contributed by atoms with Gasteiger partial charge >= 0.3 is 12.1 Å². The Hall–Kier alpha value is -3.26. The van der Waals surface area contributed by atoms with Crippen LogP contribution in [0.4, 0.5) is 4.79 Å². The van der Waals surface area contributed by atoms with E-state index in [1.807, 2.05) is 50.2 Å². The quantitative estimate of drug-likeness (QED) is 0.421. The van der Waals surface area contributed by atoms with Crippen LogP contribution < -0.4 is 20.1 Å². The molecule has 0 spiro atoms. The zero-order valence-electron chi connectivity index (χ0n) is 19.7. The highest BCUT2D eigenvalue weighted by atomic mass is 16.5. The van der Waals surface area contributed by atoms with Crippen molar-refractivity contribution in [3.63, 3.8) is 0 Å². The molecule has 1 amide bonds. The maximum atomic E-state index is 12.3. The first-order chi connectivity index (χ1) is 15.8. The number of aliphatic carboxylic acids is 1. The average Bonchev–Trinajstić information content (AvgIpc) is 2.80. The van der Waals surface area contributed by atoms with Crippen LogP contribution in [-0.2, 0) is 22.6 Å². The Labute approximate surface area is 195 Å². The van der Waals surface area contributed by atoms with Crippen LogP contribution in [0.2, 0.25) is 0 Å². The summed E-state index contributed by atoms with van der Waals surface area (Å²) in [6.07, 6.45) is 0.400. The number of methoxy groups -OCH3 is 2. The summed E-state index contributed by atoms with van der Waals surface area (Å²) in [7, 11) is 3.08. The third-order valence-electron chi connectivity index (χ3n) is 5.09. The molecular weight excluding hydrogens is 424 g/mol. The second-order valence-corrected chi connectivity index (χ2v) is 8.23. The molecule has 0 aliphatic rings. The lowest BCUT2D eigenvalue weighted by Gasteiger charge is -2.23. The van der Waals surface area contributed by atoms with Gasteiger partial charge in [0.1, 0.15) is 12.6 Å². The molecule has 2 atom stereocenters. The number of alkyl carbamates (subject to hydrolysis) is 1. The van der Waals surface area contributed by atoms with Crippen LogP contribution in [0, 0.1) is 5.92 Å². The Morgan fingerprint density at radius 2 is 1.67 bits per heavy atom. The van der Waals surface area contributed by atoms with Crippen molar-refractivity contribution in [2.24, 2.45) is 5.92 Å². The van der Waals surface area contributed by atoms with Gasteiger partial charge in [0, 0.05) is 12.6 Å². The molecule has 2 aromatic carbocycles. The van der Waals surface area contributed by atoms with E-state index in [2.05, 4.69) is 10.6 Å². The first-order valence-electron chi connectivity index (χ1n) is 11.0. The van der Waals surface area contributed by atoms with Crippen LogP contribution in [-0.4, -0.2) is 50.0 Å². The molecule has 0 fully saturated rings. The van der Waals surface area contributed by atoms with Gasteiger partial charge in [-0.15, -0.1) is 0 Å². The average molecular weight is 459 g/mol. The third kappa shape index (κ3) is 9.02. The normalized spacial score (nSPS) is 12.6. The third-order valence-corrected chi connectivity index (χ3v) is 5.09. The lowest BCUT2D eigenvalue weighted by molar-refractivity contribution is -0.139. The van der Waals surface area contributed by atoms with Crippen LogP contribution in [0.25, 0.3) is 0 Å². The first kappa shape index (κ1) is 26.0. The van der Waals surface area contributed by atoms with Gasteiger partial charge in [0.15, 0.2) is 11.5 Å². The molecule has 2 aromatic rings. The zero-order chi connectivity index (χ0) is 24.2. The van der Waals surface area contributed by atoms with Crippen molar-refractivity contribution >= 4 is 12.1 Å². The van der Waals surface area contributed by atoms with E-state index in [-0.39, 0.29) is 19.1 Å². The van der Waals surface area contributed by atoms with E-state index >= 15 is 0 Å². The number of nitrogens with one attached hydrogen (secondary N) is 2. The number of amides is 1. The van der Waals surface area contributed by atoms with Crippen LogP contribution in [0.5, 0.6) is 11.5 Å². The van der Waals surface area contributed by atoms with Gasteiger partial charge < -0.3 is 30.0 Å². The molecule has 0 saturated heterocycles. The van der Waals surface area contributed by atoms with E-state index in [4.69, 9.17) is 14.2 Å². The summed E-state index contributed by atoms with van der Waals surface area (Å²) >= 11 is 0. The Balaban J connectivity index is 1.96. The lowest BCUT2D eigenvalue weighted by atomic mass is 10.0. The van der Waals surface area contributed by atoms with Crippen molar-refractivity contribution in [1.82, 2.24) is 10.6 Å². The highest BCUT2D eigenvalue weighted by Crippen LogP contribution is 2.28. The van der Waals surface area contributed by atoms with Crippen LogP contribution in [0.3, 0.4) is 0 Å². The molecule has 0 saturated carbocycles. The summed E-state index contributed by atoms with van der Waals surface area (Å²) in [4.78, 5) is 24.2. The molecule has 3 N–H and O–H groups in total. The van der Waals surface area contributed by atoms with Gasteiger partial charge in [0.05, 0.1) is 14.2 Å². The van der Waals surface area contributed by atoms with E-state index in [0.29, 0.717) is 30.4 Å². The molecule has 8 nitrogen and oxygen atoms in total. The molecule has 2 rings (SSSR count). The van der Waals surface area contributed by atoms with Crippen molar-refractivity contribution < 1.29 is 28.9 Å². The number of hydrogen-bond acceptors (Lipinski definition) is 6. The predicted molar refractivity (Wildman–Crippen MR) is 126 cm³/mol. The van der Waals surface area contributed by atoms with Gasteiger partial charge in [0.2, 0.25) is 0 Å². The summed E-state index contributed by atoms with van der Waals surface area (Å²) in [6.45, 7) is 4.55. The smallest absolute Gasteiger partial charge is 0.407 e. The van der Waals surface area contributed by atoms with Gasteiger partial charge in [-0.1, -0.05) is 50.2 Å². The number of benzene rings is 2. The van der Waals surface area contributed by atoms with Crippen molar-refractivity contribution in [3.05, 3.63) is 59.7 Å². The highest BCUT2D eigenvalue weighted by Gasteiger charge is 2.22. The maximum Gasteiger partial charge on any atom is 0.407 e. The fourth-order valence-electron chi connectivity index (χ4n) is 3.47. The number of carbonyl (C=O) groups is 2. The monoisotopic (exact) mass is 458 g/mol. The van der Waals surface area contributed by atoms with Gasteiger partial charge in [-0.2, -0.15) is 0 Å². The van der Waals surface area contributed by atoms with Crippen molar-refractivity contribution in [2.75, 3.05) is 20.8 Å². The number of carboxylic acids is 1. The second-order valence-electron chi connectivity index (χ2n) is 8.23. The Bertz CT molecular complexity index is 888. The topological polar surface area (TPSA) is 106 Å². The zero-order valence-corrected chi connectivity index (χ0v) is 19.7. The summed E-state index contributed by atoms with van der Waals surface area (Å²) in [5.41, 5.74) is 1.69. The van der Waals surface area contributed by atoms with Crippen molar-refractivity contribution in [2.45, 2.75) is 45.4 Å². The number of hydrogen-bond donors (Lipinski definition) is 3. The summed E-state index contributed by atoms with van der Waals surface area (Å²) in [6, 6.07) is 13.6. The fourth-order valence-corrected chi connectivity index (χ4v) is 3.47. The molecule has 180 valence electrons. The SMILES string of the molecule is COc1ccc(C[C@H](NC[C@H](CC(C)C)NC(=O)OCc2ccccc2)C(=O)O)cc1OC. The van der Waals surface area contributed by atoms with Crippen molar-refractivity contribution in [1.29, 1.82) is 0 Å². The lowest BCUT2D eigenvalue weighted by Crippen LogP contribution is -2.48. The van der Waals surface area contributed by atoms with E-state index < -0.39 is 18.1 Å². The van der Waals surface area contributed by atoms with Crippen LogP contribution in [0.1, 0.15) is 31.4 Å². The first-order valence-corrected chi connectivity index (χ1v) is 11.0. The maximum absolute atomic E-state index is 12.3. The minimum atomic E-state index is -0.972. The van der Waals surface area contributed by atoms with E-state index in [1.54, 1.807) is 19.2 Å². The molecule has 0 heterocycles. The van der Waals surface area contributed by atoms with Crippen LogP contribution >= 0.6 is 0 Å². The molecule has 0 aliphatic heterocycles. The molecule has 0 unspecified atom stereocenters.